The van der Waals surface area contributed by atoms with Crippen molar-refractivity contribution >= 4 is 11.9 Å². The number of hydrogen-bond acceptors (Lipinski definition) is 5. The van der Waals surface area contributed by atoms with Gasteiger partial charge in [-0.2, -0.15) is 5.26 Å². The predicted molar refractivity (Wildman–Crippen MR) is 60.4 cm³/mol. The highest BCUT2D eigenvalue weighted by atomic mass is 16.7. The Balaban J connectivity index is 4.45. The van der Waals surface area contributed by atoms with Crippen molar-refractivity contribution in [2.45, 2.75) is 20.1 Å². The third-order valence-electron chi connectivity index (χ3n) is 1.52. The molecule has 0 bridgehead atoms. The third-order valence-corrected chi connectivity index (χ3v) is 1.52. The minimum atomic E-state index is -1.09. The molecular weight excluding hydrogens is 222 g/mol. The van der Waals surface area contributed by atoms with Crippen LogP contribution in [0.25, 0.3) is 0 Å². The summed E-state index contributed by atoms with van der Waals surface area (Å²) < 4.78 is 9.43. The molecule has 0 saturated heterocycles. The van der Waals surface area contributed by atoms with Crippen molar-refractivity contribution in [1.82, 2.24) is 0 Å². The van der Waals surface area contributed by atoms with Gasteiger partial charge in [-0.25, -0.2) is 9.59 Å². The van der Waals surface area contributed by atoms with Gasteiger partial charge in [-0.3, -0.25) is 0 Å². The van der Waals surface area contributed by atoms with E-state index in [1.54, 1.807) is 6.07 Å². The molecule has 0 spiro atoms. The molecule has 0 rings (SSSR count). The zero-order chi connectivity index (χ0) is 13.4. The second-order valence-corrected chi connectivity index (χ2v) is 3.09. The SMILES string of the molecule is C=CC=C(C#N)C(=O)OC(C)OC(=O)C(=C)C. The quantitative estimate of drug-likeness (QED) is 0.238. The molecule has 0 fully saturated rings. The summed E-state index contributed by atoms with van der Waals surface area (Å²) in [7, 11) is 0. The van der Waals surface area contributed by atoms with Crippen molar-refractivity contribution in [3.63, 3.8) is 0 Å². The molecule has 17 heavy (non-hydrogen) atoms. The highest BCUT2D eigenvalue weighted by Gasteiger charge is 2.17. The molecule has 0 aliphatic heterocycles. The summed E-state index contributed by atoms with van der Waals surface area (Å²) >= 11 is 0. The van der Waals surface area contributed by atoms with Crippen LogP contribution in [0.15, 0.2) is 36.5 Å². The van der Waals surface area contributed by atoms with E-state index >= 15 is 0 Å². The Labute approximate surface area is 99.6 Å². The lowest BCUT2D eigenvalue weighted by atomic mass is 10.3. The van der Waals surface area contributed by atoms with Crippen LogP contribution in [0.5, 0.6) is 0 Å². The Kier molecular flexibility index (Phi) is 6.04. The van der Waals surface area contributed by atoms with E-state index < -0.39 is 18.2 Å². The van der Waals surface area contributed by atoms with E-state index in [2.05, 4.69) is 13.2 Å². The van der Waals surface area contributed by atoms with Crippen molar-refractivity contribution in [3.8, 4) is 6.07 Å². The second kappa shape index (κ2) is 7.01. The molecule has 5 nitrogen and oxygen atoms in total. The van der Waals surface area contributed by atoms with E-state index in [0.29, 0.717) is 0 Å². The van der Waals surface area contributed by atoms with Gasteiger partial charge in [0, 0.05) is 12.5 Å². The highest BCUT2D eigenvalue weighted by molar-refractivity contribution is 5.93. The van der Waals surface area contributed by atoms with Crippen LogP contribution in [-0.4, -0.2) is 18.2 Å². The van der Waals surface area contributed by atoms with Gasteiger partial charge in [0.25, 0.3) is 0 Å². The van der Waals surface area contributed by atoms with Crippen molar-refractivity contribution in [2.75, 3.05) is 0 Å². The Morgan fingerprint density at radius 3 is 2.29 bits per heavy atom. The van der Waals surface area contributed by atoms with Gasteiger partial charge in [0.15, 0.2) is 0 Å². The molecule has 0 aromatic carbocycles. The summed E-state index contributed by atoms with van der Waals surface area (Å²) in [5.74, 6) is -1.55. The summed E-state index contributed by atoms with van der Waals surface area (Å²) in [6, 6.07) is 1.64. The van der Waals surface area contributed by atoms with E-state index in [4.69, 9.17) is 14.7 Å². The number of carbonyl (C=O) groups is 2. The van der Waals surface area contributed by atoms with E-state index in [1.807, 2.05) is 0 Å². The Bertz CT molecular complexity index is 415. The summed E-state index contributed by atoms with van der Waals surface area (Å²) in [5.41, 5.74) is -0.0340. The molecule has 0 aliphatic carbocycles. The minimum Gasteiger partial charge on any atom is -0.422 e. The monoisotopic (exact) mass is 235 g/mol. The first kappa shape index (κ1) is 14.6. The van der Waals surface area contributed by atoms with Gasteiger partial charge in [-0.05, 0) is 13.0 Å². The zero-order valence-corrected chi connectivity index (χ0v) is 9.73. The van der Waals surface area contributed by atoms with E-state index in [0.717, 1.165) is 0 Å². The maximum Gasteiger partial charge on any atom is 0.351 e. The fraction of sp³-hybridized carbons (Fsp3) is 0.250. The van der Waals surface area contributed by atoms with E-state index in [9.17, 15) is 9.59 Å². The topological polar surface area (TPSA) is 76.4 Å². The molecule has 0 aromatic heterocycles. The summed E-state index contributed by atoms with van der Waals surface area (Å²) in [4.78, 5) is 22.4. The lowest BCUT2D eigenvalue weighted by Crippen LogP contribution is -2.22. The molecule has 0 N–H and O–H groups in total. The second-order valence-electron chi connectivity index (χ2n) is 3.09. The molecule has 0 aromatic rings. The molecule has 5 heteroatoms. The van der Waals surface area contributed by atoms with Crippen molar-refractivity contribution < 1.29 is 19.1 Å². The number of carbonyl (C=O) groups excluding carboxylic acids is 2. The van der Waals surface area contributed by atoms with Crippen molar-refractivity contribution in [1.29, 1.82) is 5.26 Å². The number of nitriles is 1. The van der Waals surface area contributed by atoms with Gasteiger partial charge in [0.1, 0.15) is 11.6 Å². The lowest BCUT2D eigenvalue weighted by Gasteiger charge is -2.13. The largest absolute Gasteiger partial charge is 0.422 e. The van der Waals surface area contributed by atoms with Crippen LogP contribution < -0.4 is 0 Å². The normalized spacial score (nSPS) is 11.9. The first-order valence-electron chi connectivity index (χ1n) is 4.72. The summed E-state index contributed by atoms with van der Waals surface area (Å²) in [6.45, 7) is 9.56. The molecule has 0 saturated carbocycles. The number of rotatable bonds is 5. The fourth-order valence-corrected chi connectivity index (χ4v) is 0.758. The lowest BCUT2D eigenvalue weighted by molar-refractivity contribution is -0.178. The first-order chi connectivity index (χ1) is 7.92. The minimum absolute atomic E-state index is 0.190. The Morgan fingerprint density at radius 2 is 1.88 bits per heavy atom. The van der Waals surface area contributed by atoms with Crippen LogP contribution in [0.1, 0.15) is 13.8 Å². The smallest absolute Gasteiger partial charge is 0.351 e. The predicted octanol–water partition coefficient (Wildman–Crippen LogP) is 1.63. The van der Waals surface area contributed by atoms with Gasteiger partial charge >= 0.3 is 11.9 Å². The van der Waals surface area contributed by atoms with Crippen LogP contribution in [0.3, 0.4) is 0 Å². The number of hydrogen-bond donors (Lipinski definition) is 0. The fourth-order valence-electron chi connectivity index (χ4n) is 0.758. The average Bonchev–Trinajstić information content (AvgIpc) is 2.24. The van der Waals surface area contributed by atoms with Crippen LogP contribution in [0.4, 0.5) is 0 Å². The maximum atomic E-state index is 11.4. The van der Waals surface area contributed by atoms with Gasteiger partial charge in [-0.15, -0.1) is 0 Å². The van der Waals surface area contributed by atoms with Crippen molar-refractivity contribution in [2.24, 2.45) is 0 Å². The average molecular weight is 235 g/mol. The number of allylic oxidation sites excluding steroid dienone is 2. The molecule has 1 unspecified atom stereocenters. The third kappa shape index (κ3) is 5.33. The summed E-state index contributed by atoms with van der Waals surface area (Å²) in [6.07, 6.45) is 1.40. The van der Waals surface area contributed by atoms with Crippen LogP contribution >= 0.6 is 0 Å². The first-order valence-corrected chi connectivity index (χ1v) is 4.72. The van der Waals surface area contributed by atoms with Crippen LogP contribution in [-0.2, 0) is 19.1 Å². The molecule has 0 radical (unpaired) electrons. The maximum absolute atomic E-state index is 11.4. The van der Waals surface area contributed by atoms with Crippen LogP contribution in [0, 0.1) is 11.3 Å². The molecule has 1 atom stereocenters. The summed E-state index contributed by atoms with van der Waals surface area (Å²) in [5, 5.41) is 8.62. The highest BCUT2D eigenvalue weighted by Crippen LogP contribution is 2.04. The molecular formula is C12H13NO4. The molecule has 0 aliphatic rings. The van der Waals surface area contributed by atoms with Gasteiger partial charge in [0.05, 0.1) is 0 Å². The number of ether oxygens (including phenoxy) is 2. The Morgan fingerprint density at radius 1 is 1.35 bits per heavy atom. The van der Waals surface area contributed by atoms with Gasteiger partial charge in [0.2, 0.25) is 6.29 Å². The van der Waals surface area contributed by atoms with Gasteiger partial charge in [-0.1, -0.05) is 19.2 Å². The van der Waals surface area contributed by atoms with Crippen molar-refractivity contribution in [3.05, 3.63) is 36.5 Å². The Hall–Kier alpha value is -2.35. The molecule has 0 amide bonds. The van der Waals surface area contributed by atoms with E-state index in [-0.39, 0.29) is 11.1 Å². The number of nitrogens with zero attached hydrogens (tertiary/aromatic N) is 1. The van der Waals surface area contributed by atoms with E-state index in [1.165, 1.54) is 26.0 Å². The van der Waals surface area contributed by atoms with Gasteiger partial charge < -0.3 is 9.47 Å². The molecule has 0 heterocycles. The standard InChI is InChI=1S/C12H13NO4/c1-5-6-10(7-13)12(15)17-9(4)16-11(14)8(2)3/h5-6,9H,1-2H2,3-4H3. The van der Waals surface area contributed by atoms with Crippen LogP contribution in [0.2, 0.25) is 0 Å². The number of esters is 2. The molecule has 90 valence electrons. The zero-order valence-electron chi connectivity index (χ0n) is 9.73.